The molecule has 0 spiro atoms. The van der Waals surface area contributed by atoms with Crippen LogP contribution < -0.4 is 5.32 Å². The van der Waals surface area contributed by atoms with Crippen molar-refractivity contribution in [3.8, 4) is 11.4 Å². The number of pyridine rings is 3. The molecule has 0 atom stereocenters. The fourth-order valence-corrected chi connectivity index (χ4v) is 4.35. The van der Waals surface area contributed by atoms with Crippen LogP contribution in [0.4, 0.5) is 4.39 Å². The van der Waals surface area contributed by atoms with Crippen molar-refractivity contribution in [3.05, 3.63) is 83.1 Å². The van der Waals surface area contributed by atoms with E-state index >= 15 is 0 Å². The van der Waals surface area contributed by atoms with Crippen molar-refractivity contribution < 1.29 is 17.6 Å². The zero-order chi connectivity index (χ0) is 23.8. The van der Waals surface area contributed by atoms with Gasteiger partial charge in [-0.15, -0.1) is 0 Å². The van der Waals surface area contributed by atoms with Crippen LogP contribution in [0.2, 0.25) is 0 Å². The maximum atomic E-state index is 13.8. The number of sulfone groups is 1. The molecule has 0 radical (unpaired) electrons. The molecular weight excluding hydrogens is 443 g/mol. The highest BCUT2D eigenvalue weighted by molar-refractivity contribution is 7.90. The molecule has 0 bridgehead atoms. The molecule has 168 valence electrons. The predicted octanol–water partition coefficient (Wildman–Crippen LogP) is 3.78. The molecule has 0 unspecified atom stereocenters. The average Bonchev–Trinajstić information content (AvgIpc) is 2.78. The minimum Gasteiger partial charge on any atom is -0.346 e. The molecule has 33 heavy (non-hydrogen) atoms. The smallest absolute Gasteiger partial charge is 0.251 e. The monoisotopic (exact) mass is 464 g/mol. The summed E-state index contributed by atoms with van der Waals surface area (Å²) in [5.41, 5.74) is 3.43. The van der Waals surface area contributed by atoms with Gasteiger partial charge in [0.15, 0.2) is 9.84 Å². The normalized spacial score (nSPS) is 11.5. The number of carbonyl (C=O) groups is 1. The van der Waals surface area contributed by atoms with Crippen molar-refractivity contribution in [1.29, 1.82) is 0 Å². The first-order valence-electron chi connectivity index (χ1n) is 10.1. The largest absolute Gasteiger partial charge is 0.346 e. The summed E-state index contributed by atoms with van der Waals surface area (Å²) < 4.78 is 37.7. The summed E-state index contributed by atoms with van der Waals surface area (Å²) in [6.07, 6.45) is 2.75. The number of rotatable bonds is 5. The summed E-state index contributed by atoms with van der Waals surface area (Å²) >= 11 is 0. The number of nitrogens with zero attached hydrogens (tertiary/aromatic N) is 3. The second kappa shape index (κ2) is 8.67. The minimum absolute atomic E-state index is 0.122. The van der Waals surface area contributed by atoms with Gasteiger partial charge in [0.25, 0.3) is 5.91 Å². The topological polar surface area (TPSA) is 102 Å². The number of aryl methyl sites for hydroxylation is 2. The predicted molar refractivity (Wildman–Crippen MR) is 123 cm³/mol. The number of hydrogen-bond acceptors (Lipinski definition) is 6. The molecule has 1 aromatic carbocycles. The quantitative estimate of drug-likeness (QED) is 0.451. The molecule has 1 N–H and O–H groups in total. The molecule has 3 heterocycles. The van der Waals surface area contributed by atoms with E-state index in [1.54, 1.807) is 56.4 Å². The SMILES string of the molecule is Cc1ccc(C(=O)NCc2cc3nc(-c4ccc(C)c(F)n4)ccc3cn2)cc1S(C)(=O)=O. The molecule has 0 aliphatic rings. The Bertz CT molecular complexity index is 1500. The Morgan fingerprint density at radius 2 is 1.67 bits per heavy atom. The van der Waals surface area contributed by atoms with Crippen molar-refractivity contribution in [2.24, 2.45) is 0 Å². The van der Waals surface area contributed by atoms with Crippen molar-refractivity contribution in [2.75, 3.05) is 6.26 Å². The Hall–Kier alpha value is -3.72. The Morgan fingerprint density at radius 3 is 2.39 bits per heavy atom. The minimum atomic E-state index is -3.44. The molecule has 0 aliphatic carbocycles. The molecule has 0 fully saturated rings. The molecule has 1 amide bonds. The van der Waals surface area contributed by atoms with Crippen molar-refractivity contribution in [3.63, 3.8) is 0 Å². The summed E-state index contributed by atoms with van der Waals surface area (Å²) in [5, 5.41) is 3.54. The fourth-order valence-electron chi connectivity index (χ4n) is 3.36. The van der Waals surface area contributed by atoms with Crippen LogP contribution in [0.5, 0.6) is 0 Å². The van der Waals surface area contributed by atoms with Crippen molar-refractivity contribution in [1.82, 2.24) is 20.3 Å². The summed E-state index contributed by atoms with van der Waals surface area (Å²) in [7, 11) is -3.44. The van der Waals surface area contributed by atoms with Gasteiger partial charge in [-0.25, -0.2) is 18.4 Å². The van der Waals surface area contributed by atoms with Gasteiger partial charge in [0.05, 0.1) is 34.0 Å². The first-order valence-corrected chi connectivity index (χ1v) is 12.0. The highest BCUT2D eigenvalue weighted by atomic mass is 32.2. The van der Waals surface area contributed by atoms with Gasteiger partial charge < -0.3 is 5.32 Å². The summed E-state index contributed by atoms with van der Waals surface area (Å²) in [4.78, 5) is 25.6. The number of nitrogens with one attached hydrogen (secondary N) is 1. The standard InChI is InChI=1S/C24H21FN4O3S/c1-14-4-6-16(10-22(14)33(3,31)32)24(30)27-13-18-11-21-17(12-26-18)7-9-19(28-21)20-8-5-15(2)23(25)29-20/h4-12H,13H2,1-3H3,(H,27,30). The summed E-state index contributed by atoms with van der Waals surface area (Å²) in [6.45, 7) is 3.45. The van der Waals surface area contributed by atoms with E-state index in [1.807, 2.05) is 6.07 Å². The number of carbonyl (C=O) groups excluding carboxylic acids is 1. The zero-order valence-electron chi connectivity index (χ0n) is 18.3. The van der Waals surface area contributed by atoms with E-state index in [2.05, 4.69) is 20.3 Å². The van der Waals surface area contributed by atoms with Crippen LogP contribution in [0.15, 0.2) is 59.6 Å². The van der Waals surface area contributed by atoms with Gasteiger partial charge in [-0.1, -0.05) is 12.1 Å². The van der Waals surface area contributed by atoms with Crippen molar-refractivity contribution >= 4 is 26.6 Å². The summed E-state index contributed by atoms with van der Waals surface area (Å²) in [6, 6.07) is 13.2. The Labute approximate surface area is 190 Å². The van der Waals surface area contributed by atoms with Gasteiger partial charge in [-0.3, -0.25) is 9.78 Å². The van der Waals surface area contributed by atoms with E-state index in [4.69, 9.17) is 0 Å². The maximum absolute atomic E-state index is 13.8. The van der Waals surface area contributed by atoms with Gasteiger partial charge in [0.2, 0.25) is 5.95 Å². The molecule has 7 nitrogen and oxygen atoms in total. The molecule has 4 rings (SSSR count). The molecule has 9 heteroatoms. The molecule has 0 aliphatic heterocycles. The van der Waals surface area contributed by atoms with Crippen LogP contribution in [0.25, 0.3) is 22.3 Å². The van der Waals surface area contributed by atoms with E-state index < -0.39 is 21.7 Å². The van der Waals surface area contributed by atoms with Crippen LogP contribution in [0.1, 0.15) is 27.2 Å². The first-order chi connectivity index (χ1) is 15.6. The summed E-state index contributed by atoms with van der Waals surface area (Å²) in [5.74, 6) is -0.953. The molecule has 0 saturated carbocycles. The van der Waals surface area contributed by atoms with E-state index in [9.17, 15) is 17.6 Å². The maximum Gasteiger partial charge on any atom is 0.251 e. The third-order valence-electron chi connectivity index (χ3n) is 5.21. The average molecular weight is 465 g/mol. The van der Waals surface area contributed by atoms with E-state index in [1.165, 1.54) is 6.07 Å². The van der Waals surface area contributed by atoms with Crippen molar-refractivity contribution in [2.45, 2.75) is 25.3 Å². The lowest BCUT2D eigenvalue weighted by Crippen LogP contribution is -2.23. The van der Waals surface area contributed by atoms with Crippen LogP contribution >= 0.6 is 0 Å². The molecular formula is C24H21FN4O3S. The number of hydrogen-bond donors (Lipinski definition) is 1. The number of amides is 1. The van der Waals surface area contributed by atoms with Gasteiger partial charge in [-0.05, 0) is 55.8 Å². The van der Waals surface area contributed by atoms with Gasteiger partial charge >= 0.3 is 0 Å². The van der Waals surface area contributed by atoms with E-state index in [0.717, 1.165) is 11.6 Å². The Balaban J connectivity index is 1.55. The van der Waals surface area contributed by atoms with Crippen LogP contribution in [0, 0.1) is 19.8 Å². The molecule has 4 aromatic rings. The first kappa shape index (κ1) is 22.5. The lowest BCUT2D eigenvalue weighted by molar-refractivity contribution is 0.0950. The van der Waals surface area contributed by atoms with Crippen LogP contribution in [-0.2, 0) is 16.4 Å². The molecule has 3 aromatic heterocycles. The Morgan fingerprint density at radius 1 is 0.970 bits per heavy atom. The highest BCUT2D eigenvalue weighted by Crippen LogP contribution is 2.21. The number of fused-ring (bicyclic) bond motifs is 1. The Kier molecular flexibility index (Phi) is 5.90. The second-order valence-corrected chi connectivity index (χ2v) is 9.79. The highest BCUT2D eigenvalue weighted by Gasteiger charge is 2.15. The van der Waals surface area contributed by atoms with Crippen LogP contribution in [0.3, 0.4) is 0 Å². The van der Waals surface area contributed by atoms with Gasteiger partial charge in [0, 0.05) is 29.0 Å². The third-order valence-corrected chi connectivity index (χ3v) is 6.45. The molecule has 0 saturated heterocycles. The van der Waals surface area contributed by atoms with Gasteiger partial charge in [0.1, 0.15) is 0 Å². The van der Waals surface area contributed by atoms with E-state index in [0.29, 0.717) is 33.7 Å². The third kappa shape index (κ3) is 4.88. The van der Waals surface area contributed by atoms with Gasteiger partial charge in [-0.2, -0.15) is 4.39 Å². The number of aromatic nitrogens is 3. The lowest BCUT2D eigenvalue weighted by atomic mass is 10.1. The number of halogens is 1. The zero-order valence-corrected chi connectivity index (χ0v) is 19.1. The fraction of sp³-hybridized carbons (Fsp3) is 0.167. The van der Waals surface area contributed by atoms with E-state index in [-0.39, 0.29) is 17.0 Å². The number of benzene rings is 1. The van der Waals surface area contributed by atoms with Crippen LogP contribution in [-0.4, -0.2) is 35.5 Å². The second-order valence-electron chi connectivity index (χ2n) is 7.80. The lowest BCUT2D eigenvalue weighted by Gasteiger charge is -2.09.